The predicted molar refractivity (Wildman–Crippen MR) is 100 cm³/mol. The summed E-state index contributed by atoms with van der Waals surface area (Å²) in [5.74, 6) is 0. The second-order valence-electron chi connectivity index (χ2n) is 5.18. The molecule has 0 unspecified atom stereocenters. The van der Waals surface area contributed by atoms with Crippen LogP contribution in [0.15, 0.2) is 24.3 Å². The lowest BCUT2D eigenvalue weighted by Crippen LogP contribution is -2.20. The van der Waals surface area contributed by atoms with Crippen LogP contribution in [0.5, 0.6) is 0 Å². The van der Waals surface area contributed by atoms with Crippen LogP contribution in [0.25, 0.3) is 0 Å². The summed E-state index contributed by atoms with van der Waals surface area (Å²) in [7, 11) is -7.46. The smallest absolute Gasteiger partial charge is 0.346 e. The van der Waals surface area contributed by atoms with Crippen LogP contribution in [0.3, 0.4) is 0 Å². The Morgan fingerprint density at radius 1 is 0.800 bits per heavy atom. The molecule has 1 rings (SSSR count). The number of nitrogens with two attached hydrogens (primary N) is 1. The summed E-state index contributed by atoms with van der Waals surface area (Å²) in [6.45, 7) is 7.47. The van der Waals surface area contributed by atoms with Crippen molar-refractivity contribution < 1.29 is 27.2 Å². The maximum atomic E-state index is 13.4. The Labute approximate surface area is 150 Å². The van der Waals surface area contributed by atoms with E-state index in [9.17, 15) is 9.13 Å². The predicted octanol–water partition coefficient (Wildman–Crippen LogP) is 4.67. The van der Waals surface area contributed by atoms with E-state index in [1.807, 2.05) is 0 Å². The zero-order valence-corrected chi connectivity index (χ0v) is 17.1. The molecule has 0 fully saturated rings. The zero-order chi connectivity index (χ0) is 18.9. The minimum atomic E-state index is -3.73. The van der Waals surface area contributed by atoms with Gasteiger partial charge in [-0.15, -0.1) is 0 Å². The minimum absolute atomic E-state index is 0.160. The number of benzene rings is 1. The van der Waals surface area contributed by atoms with Crippen LogP contribution in [-0.2, 0) is 33.6 Å². The summed E-state index contributed by atoms with van der Waals surface area (Å²) in [4.78, 5) is 0. The molecule has 0 heterocycles. The van der Waals surface area contributed by atoms with Crippen molar-refractivity contribution >= 4 is 20.9 Å². The lowest BCUT2D eigenvalue weighted by Gasteiger charge is -2.31. The van der Waals surface area contributed by atoms with Gasteiger partial charge in [-0.2, -0.15) is 0 Å². The molecule has 0 bridgehead atoms. The lowest BCUT2D eigenvalue weighted by atomic mass is 10.1. The van der Waals surface area contributed by atoms with Gasteiger partial charge in [-0.05, 0) is 51.8 Å². The molecular formula is C16H29NO6P2. The van der Waals surface area contributed by atoms with Crippen LogP contribution in [0.2, 0.25) is 0 Å². The fourth-order valence-corrected chi connectivity index (χ4v) is 7.73. The first kappa shape index (κ1) is 22.4. The Morgan fingerprint density at radius 2 is 1.16 bits per heavy atom. The maximum absolute atomic E-state index is 13.4. The van der Waals surface area contributed by atoms with Gasteiger partial charge in [-0.1, -0.05) is 12.1 Å². The van der Waals surface area contributed by atoms with Crippen LogP contribution in [0.4, 0.5) is 5.69 Å². The third-order valence-electron chi connectivity index (χ3n) is 3.36. The number of rotatable bonds is 12. The van der Waals surface area contributed by atoms with Gasteiger partial charge in [-0.25, -0.2) is 0 Å². The van der Waals surface area contributed by atoms with Crippen LogP contribution in [0.1, 0.15) is 33.3 Å². The molecule has 144 valence electrons. The number of hydrogen-bond acceptors (Lipinski definition) is 7. The van der Waals surface area contributed by atoms with Gasteiger partial charge >= 0.3 is 15.2 Å². The summed E-state index contributed by atoms with van der Waals surface area (Å²) >= 11 is 0. The number of nitrogen functional groups attached to an aromatic ring is 1. The molecule has 0 saturated heterocycles. The Morgan fingerprint density at radius 3 is 1.48 bits per heavy atom. The SMILES string of the molecule is CCOP(=O)(OCC)C(Cc1ccc(N)cc1)P(=O)(OCC)OCC. The lowest BCUT2D eigenvalue weighted by molar-refractivity contribution is 0.195. The molecule has 0 aliphatic heterocycles. The molecule has 7 nitrogen and oxygen atoms in total. The van der Waals surface area contributed by atoms with Crippen molar-refractivity contribution in [1.82, 2.24) is 0 Å². The molecular weight excluding hydrogens is 364 g/mol. The van der Waals surface area contributed by atoms with Gasteiger partial charge in [0.1, 0.15) is 0 Å². The van der Waals surface area contributed by atoms with Crippen LogP contribution in [0, 0.1) is 0 Å². The van der Waals surface area contributed by atoms with Crippen molar-refractivity contribution in [3.05, 3.63) is 29.8 Å². The van der Waals surface area contributed by atoms with Crippen molar-refractivity contribution in [1.29, 1.82) is 0 Å². The highest BCUT2D eigenvalue weighted by Gasteiger charge is 2.50. The summed E-state index contributed by atoms with van der Waals surface area (Å²) in [6.07, 6.45) is 0.162. The molecule has 2 N–H and O–H groups in total. The van der Waals surface area contributed by atoms with Gasteiger partial charge in [0.05, 0.1) is 26.4 Å². The van der Waals surface area contributed by atoms with Crippen molar-refractivity contribution in [3.8, 4) is 0 Å². The zero-order valence-electron chi connectivity index (χ0n) is 15.3. The normalized spacial score (nSPS) is 12.7. The van der Waals surface area contributed by atoms with Gasteiger partial charge in [0.25, 0.3) is 0 Å². The second kappa shape index (κ2) is 10.5. The van der Waals surface area contributed by atoms with Gasteiger partial charge in [0, 0.05) is 5.69 Å². The number of hydrogen-bond donors (Lipinski definition) is 1. The van der Waals surface area contributed by atoms with E-state index in [0.29, 0.717) is 5.69 Å². The summed E-state index contributed by atoms with van der Waals surface area (Å²) in [5.41, 5.74) is 7.11. The van der Waals surface area contributed by atoms with Crippen molar-refractivity contribution in [3.63, 3.8) is 0 Å². The molecule has 0 spiro atoms. The monoisotopic (exact) mass is 393 g/mol. The molecule has 0 radical (unpaired) electrons. The molecule has 0 atom stereocenters. The van der Waals surface area contributed by atoms with Crippen LogP contribution >= 0.6 is 15.2 Å². The Balaban J connectivity index is 3.34. The molecule has 0 aliphatic carbocycles. The molecule has 1 aromatic rings. The second-order valence-corrected chi connectivity index (χ2v) is 10.0. The van der Waals surface area contributed by atoms with E-state index in [-0.39, 0.29) is 32.8 Å². The maximum Gasteiger partial charge on any atom is 0.346 e. The molecule has 0 aliphatic rings. The van der Waals surface area contributed by atoms with Gasteiger partial charge in [-0.3, -0.25) is 9.13 Å². The first-order valence-electron chi connectivity index (χ1n) is 8.47. The van der Waals surface area contributed by atoms with E-state index >= 15 is 0 Å². The fraction of sp³-hybridized carbons (Fsp3) is 0.625. The molecule has 25 heavy (non-hydrogen) atoms. The Hall–Kier alpha value is -0.680. The highest BCUT2D eigenvalue weighted by Crippen LogP contribution is 2.71. The molecule has 9 heteroatoms. The summed E-state index contributed by atoms with van der Waals surface area (Å²) in [5, 5.41) is -1.05. The van der Waals surface area contributed by atoms with E-state index in [4.69, 9.17) is 23.8 Å². The first-order chi connectivity index (χ1) is 11.8. The van der Waals surface area contributed by atoms with E-state index in [1.165, 1.54) is 0 Å². The molecule has 0 aromatic heterocycles. The summed E-state index contributed by atoms with van der Waals surface area (Å²) < 4.78 is 48.5. The average Bonchev–Trinajstić information content (AvgIpc) is 2.55. The number of anilines is 1. The van der Waals surface area contributed by atoms with Crippen molar-refractivity contribution in [2.75, 3.05) is 32.2 Å². The van der Waals surface area contributed by atoms with Crippen molar-refractivity contribution in [2.45, 2.75) is 39.5 Å². The Kier molecular flexibility index (Phi) is 9.36. The fourth-order valence-electron chi connectivity index (χ4n) is 2.40. The average molecular weight is 393 g/mol. The van der Waals surface area contributed by atoms with E-state index in [0.717, 1.165) is 5.56 Å². The van der Waals surface area contributed by atoms with Crippen LogP contribution in [-0.4, -0.2) is 31.8 Å². The van der Waals surface area contributed by atoms with E-state index < -0.39 is 20.6 Å². The van der Waals surface area contributed by atoms with E-state index in [1.54, 1.807) is 52.0 Å². The van der Waals surface area contributed by atoms with Gasteiger partial charge in [0.15, 0.2) is 5.40 Å². The largest absolute Gasteiger partial charge is 0.399 e. The van der Waals surface area contributed by atoms with Crippen molar-refractivity contribution in [2.24, 2.45) is 0 Å². The Bertz CT molecular complexity index is 557. The minimum Gasteiger partial charge on any atom is -0.399 e. The molecule has 1 aromatic carbocycles. The van der Waals surface area contributed by atoms with E-state index in [2.05, 4.69) is 0 Å². The van der Waals surface area contributed by atoms with Crippen LogP contribution < -0.4 is 5.73 Å². The standard InChI is InChI=1S/C16H29NO6P2/c1-5-20-24(18,21-6-2)16(25(19,22-7-3)23-8-4)13-14-9-11-15(17)12-10-14/h9-12,16H,5-8,13,17H2,1-4H3. The van der Waals surface area contributed by atoms with Gasteiger partial charge in [0.2, 0.25) is 0 Å². The molecule has 0 amide bonds. The highest BCUT2D eigenvalue weighted by molar-refractivity contribution is 7.72. The summed E-state index contributed by atoms with van der Waals surface area (Å²) in [6, 6.07) is 7.02. The quantitative estimate of drug-likeness (QED) is 0.407. The topological polar surface area (TPSA) is 97.1 Å². The molecule has 0 saturated carbocycles. The first-order valence-corrected chi connectivity index (χ1v) is 11.7. The van der Waals surface area contributed by atoms with Gasteiger partial charge < -0.3 is 23.8 Å². The third kappa shape index (κ3) is 6.21. The third-order valence-corrected chi connectivity index (χ3v) is 9.36. The highest BCUT2D eigenvalue weighted by atomic mass is 31.2.